The molecule has 0 fully saturated rings. The summed E-state index contributed by atoms with van der Waals surface area (Å²) >= 11 is 6.07. The third kappa shape index (κ3) is 4.76. The second kappa shape index (κ2) is 8.41. The molecular formula is C17H18ClNO3. The molecule has 4 nitrogen and oxygen atoms in total. The molecule has 0 aliphatic carbocycles. The Morgan fingerprint density at radius 2 is 1.86 bits per heavy atom. The molecule has 2 aromatic carbocycles. The first-order valence-corrected chi connectivity index (χ1v) is 7.32. The third-order valence-corrected chi connectivity index (χ3v) is 3.43. The van der Waals surface area contributed by atoms with E-state index in [1.165, 1.54) is 0 Å². The van der Waals surface area contributed by atoms with Gasteiger partial charge in [0.1, 0.15) is 12.4 Å². The Kier molecular flexibility index (Phi) is 6.25. The zero-order chi connectivity index (χ0) is 15.8. The average Bonchev–Trinajstić information content (AvgIpc) is 2.55. The van der Waals surface area contributed by atoms with E-state index in [4.69, 9.17) is 21.1 Å². The molecule has 0 unspecified atom stereocenters. The third-order valence-electron chi connectivity index (χ3n) is 3.06. The molecule has 1 amide bonds. The molecule has 2 rings (SSSR count). The van der Waals surface area contributed by atoms with Crippen molar-refractivity contribution in [3.63, 3.8) is 0 Å². The molecule has 0 aromatic heterocycles. The number of carbonyl (C=O) groups excluding carboxylic acids is 1. The molecule has 1 N–H and O–H groups in total. The smallest absolute Gasteiger partial charge is 0.251 e. The van der Waals surface area contributed by atoms with Gasteiger partial charge >= 0.3 is 0 Å². The number of benzene rings is 2. The molecule has 5 heteroatoms. The summed E-state index contributed by atoms with van der Waals surface area (Å²) < 4.78 is 10.6. The van der Waals surface area contributed by atoms with Gasteiger partial charge in [-0.1, -0.05) is 29.8 Å². The van der Waals surface area contributed by atoms with E-state index in [9.17, 15) is 4.79 Å². The van der Waals surface area contributed by atoms with Crippen LogP contribution in [0.15, 0.2) is 48.5 Å². The van der Waals surface area contributed by atoms with Crippen molar-refractivity contribution in [2.24, 2.45) is 0 Å². The normalized spacial score (nSPS) is 10.3. The van der Waals surface area contributed by atoms with Crippen LogP contribution in [0.5, 0.6) is 5.75 Å². The lowest BCUT2D eigenvalue weighted by Crippen LogP contribution is -2.26. The molecule has 0 heterocycles. The first-order valence-electron chi connectivity index (χ1n) is 6.94. The molecule has 116 valence electrons. The molecule has 0 bridgehead atoms. The lowest BCUT2D eigenvalue weighted by atomic mass is 10.2. The Morgan fingerprint density at radius 3 is 2.55 bits per heavy atom. The number of rotatable bonds is 7. The van der Waals surface area contributed by atoms with Gasteiger partial charge in [0.25, 0.3) is 5.91 Å². The summed E-state index contributed by atoms with van der Waals surface area (Å²) in [4.78, 5) is 11.8. The van der Waals surface area contributed by atoms with E-state index in [2.05, 4.69) is 5.32 Å². The highest BCUT2D eigenvalue weighted by Crippen LogP contribution is 2.18. The van der Waals surface area contributed by atoms with Crippen molar-refractivity contribution in [3.05, 3.63) is 64.7 Å². The topological polar surface area (TPSA) is 47.6 Å². The van der Waals surface area contributed by atoms with Crippen molar-refractivity contribution >= 4 is 17.5 Å². The fourth-order valence-electron chi connectivity index (χ4n) is 1.85. The van der Waals surface area contributed by atoms with E-state index >= 15 is 0 Å². The Hall–Kier alpha value is -2.04. The highest BCUT2D eigenvalue weighted by atomic mass is 35.5. The minimum absolute atomic E-state index is 0.130. The second-order valence-corrected chi connectivity index (χ2v) is 5.06. The van der Waals surface area contributed by atoms with E-state index in [1.807, 2.05) is 24.3 Å². The van der Waals surface area contributed by atoms with Crippen LogP contribution in [0.2, 0.25) is 5.02 Å². The Morgan fingerprint density at radius 1 is 1.14 bits per heavy atom. The number of nitrogens with one attached hydrogen (secondary N) is 1. The Balaban J connectivity index is 1.89. The van der Waals surface area contributed by atoms with Crippen molar-refractivity contribution in [1.82, 2.24) is 5.32 Å². The molecule has 0 saturated heterocycles. The molecule has 0 aliphatic rings. The van der Waals surface area contributed by atoms with Gasteiger partial charge in [0.2, 0.25) is 0 Å². The first-order chi connectivity index (χ1) is 10.7. The van der Waals surface area contributed by atoms with Crippen LogP contribution in [-0.2, 0) is 11.3 Å². The summed E-state index contributed by atoms with van der Waals surface area (Å²) in [5.41, 5.74) is 1.51. The number of halogens is 1. The Bertz CT molecular complexity index is 614. The van der Waals surface area contributed by atoms with Gasteiger partial charge in [-0.15, -0.1) is 0 Å². The zero-order valence-electron chi connectivity index (χ0n) is 12.3. The van der Waals surface area contributed by atoms with Gasteiger partial charge in [-0.05, 0) is 30.3 Å². The molecule has 0 aliphatic heterocycles. The van der Waals surface area contributed by atoms with Gasteiger partial charge < -0.3 is 14.8 Å². The van der Waals surface area contributed by atoms with Crippen LogP contribution in [0.25, 0.3) is 0 Å². The summed E-state index contributed by atoms with van der Waals surface area (Å²) in [5.74, 6) is 0.558. The first kappa shape index (κ1) is 16.3. The van der Waals surface area contributed by atoms with Gasteiger partial charge in [0.15, 0.2) is 0 Å². The number of hydrogen-bond acceptors (Lipinski definition) is 3. The fourth-order valence-corrected chi connectivity index (χ4v) is 2.04. The predicted molar refractivity (Wildman–Crippen MR) is 86.4 cm³/mol. The molecule has 0 spiro atoms. The van der Waals surface area contributed by atoms with Crippen molar-refractivity contribution in [2.75, 3.05) is 20.3 Å². The highest BCUT2D eigenvalue weighted by Gasteiger charge is 2.05. The second-order valence-electron chi connectivity index (χ2n) is 4.65. The van der Waals surface area contributed by atoms with Gasteiger partial charge in [-0.25, -0.2) is 0 Å². The number of amides is 1. The maximum Gasteiger partial charge on any atom is 0.251 e. The van der Waals surface area contributed by atoms with Crippen LogP contribution in [0.1, 0.15) is 15.9 Å². The number of methoxy groups -OCH3 is 1. The molecule has 0 saturated carbocycles. The minimum atomic E-state index is -0.130. The van der Waals surface area contributed by atoms with E-state index in [1.54, 1.807) is 31.4 Å². The van der Waals surface area contributed by atoms with E-state index < -0.39 is 0 Å². The van der Waals surface area contributed by atoms with Gasteiger partial charge in [0, 0.05) is 29.8 Å². The molecule has 2 aromatic rings. The fraction of sp³-hybridized carbons (Fsp3) is 0.235. The quantitative estimate of drug-likeness (QED) is 0.797. The Labute approximate surface area is 135 Å². The molecule has 22 heavy (non-hydrogen) atoms. The largest absolute Gasteiger partial charge is 0.489 e. The highest BCUT2D eigenvalue weighted by molar-refractivity contribution is 6.31. The number of hydrogen-bond donors (Lipinski definition) is 1. The average molecular weight is 320 g/mol. The van der Waals surface area contributed by atoms with Crippen molar-refractivity contribution in [3.8, 4) is 5.75 Å². The SMILES string of the molecule is COCCNC(=O)c1ccc(OCc2ccccc2Cl)cc1. The maximum atomic E-state index is 11.8. The zero-order valence-corrected chi connectivity index (χ0v) is 13.1. The molecular weight excluding hydrogens is 302 g/mol. The van der Waals surface area contributed by atoms with Crippen LogP contribution in [-0.4, -0.2) is 26.2 Å². The van der Waals surface area contributed by atoms with Gasteiger partial charge in [-0.2, -0.15) is 0 Å². The predicted octanol–water partition coefficient (Wildman–Crippen LogP) is 3.30. The lowest BCUT2D eigenvalue weighted by molar-refractivity contribution is 0.0937. The van der Waals surface area contributed by atoms with Crippen molar-refractivity contribution in [2.45, 2.75) is 6.61 Å². The van der Waals surface area contributed by atoms with E-state index in [0.717, 1.165) is 5.56 Å². The minimum Gasteiger partial charge on any atom is -0.489 e. The van der Waals surface area contributed by atoms with Crippen LogP contribution in [0.3, 0.4) is 0 Å². The monoisotopic (exact) mass is 319 g/mol. The van der Waals surface area contributed by atoms with Gasteiger partial charge in [0.05, 0.1) is 6.61 Å². The maximum absolute atomic E-state index is 11.8. The standard InChI is InChI=1S/C17H18ClNO3/c1-21-11-10-19-17(20)13-6-8-15(9-7-13)22-12-14-4-2-3-5-16(14)18/h2-9H,10-12H2,1H3,(H,19,20). The summed E-state index contributed by atoms with van der Waals surface area (Å²) in [6.07, 6.45) is 0. The van der Waals surface area contributed by atoms with Gasteiger partial charge in [-0.3, -0.25) is 4.79 Å². The van der Waals surface area contributed by atoms with E-state index in [-0.39, 0.29) is 5.91 Å². The van der Waals surface area contributed by atoms with Crippen molar-refractivity contribution in [1.29, 1.82) is 0 Å². The van der Waals surface area contributed by atoms with Crippen LogP contribution in [0.4, 0.5) is 0 Å². The number of carbonyl (C=O) groups is 1. The number of ether oxygens (including phenoxy) is 2. The lowest BCUT2D eigenvalue weighted by Gasteiger charge is -2.09. The molecule has 0 radical (unpaired) electrons. The van der Waals surface area contributed by atoms with Crippen LogP contribution >= 0.6 is 11.6 Å². The summed E-state index contributed by atoms with van der Waals surface area (Å²) in [5, 5.41) is 3.44. The van der Waals surface area contributed by atoms with E-state index in [0.29, 0.717) is 36.1 Å². The molecule has 0 atom stereocenters. The van der Waals surface area contributed by atoms with Crippen molar-refractivity contribution < 1.29 is 14.3 Å². The summed E-state index contributed by atoms with van der Waals surface area (Å²) in [7, 11) is 1.59. The summed E-state index contributed by atoms with van der Waals surface area (Å²) in [6, 6.07) is 14.5. The summed E-state index contributed by atoms with van der Waals surface area (Å²) in [6.45, 7) is 1.36. The van der Waals surface area contributed by atoms with Crippen LogP contribution in [0, 0.1) is 0 Å². The van der Waals surface area contributed by atoms with Crippen LogP contribution < -0.4 is 10.1 Å².